The Balaban J connectivity index is 0.000000156. The lowest BCUT2D eigenvalue weighted by Gasteiger charge is -1.90. The van der Waals surface area contributed by atoms with E-state index in [0.29, 0.717) is 25.4 Å². The van der Waals surface area contributed by atoms with Crippen LogP contribution in [0.25, 0.3) is 20.2 Å². The molecule has 0 aliphatic rings. The molecular weight excluding hydrogens is 457 g/mol. The zero-order chi connectivity index (χ0) is 19.7. The third-order valence-corrected chi connectivity index (χ3v) is 7.30. The van der Waals surface area contributed by atoms with Crippen LogP contribution in [0, 0.1) is 11.6 Å². The van der Waals surface area contributed by atoms with Gasteiger partial charge in [-0.05, 0) is 35.9 Å². The van der Waals surface area contributed by atoms with E-state index in [0.717, 1.165) is 16.0 Å². The molecule has 0 amide bonds. The molecule has 9 heteroatoms. The van der Waals surface area contributed by atoms with Crippen molar-refractivity contribution in [3.8, 4) is 0 Å². The summed E-state index contributed by atoms with van der Waals surface area (Å²) in [7, 11) is 0. The lowest BCUT2D eigenvalue weighted by atomic mass is 10.2. The zero-order valence-corrected chi connectivity index (χ0v) is 17.1. The van der Waals surface area contributed by atoms with Crippen LogP contribution in [0.1, 0.15) is 14.5 Å². The number of thiophene rings is 2. The fraction of sp³-hybridized carbons (Fsp3) is 0.0556. The Kier molecular flexibility index (Phi) is 6.35. The zero-order valence-electron chi connectivity index (χ0n) is 13.2. The molecular formula is C18H9Cl3F2O2S2. The molecule has 2 heterocycles. The number of aliphatic hydroxyl groups excluding tert-OH is 1. The van der Waals surface area contributed by atoms with Crippen molar-refractivity contribution >= 4 is 82.9 Å². The number of carbonyl (C=O) groups excluding carboxylic acids is 1. The van der Waals surface area contributed by atoms with Crippen molar-refractivity contribution in [2.75, 3.05) is 0 Å². The molecule has 0 bridgehead atoms. The molecule has 0 radical (unpaired) electrons. The highest BCUT2D eigenvalue weighted by atomic mass is 35.5. The van der Waals surface area contributed by atoms with Crippen molar-refractivity contribution < 1.29 is 18.7 Å². The second-order valence-electron chi connectivity index (χ2n) is 5.27. The number of benzene rings is 2. The minimum Gasteiger partial charge on any atom is -0.391 e. The average Bonchev–Trinajstić information content (AvgIpc) is 3.14. The summed E-state index contributed by atoms with van der Waals surface area (Å²) in [5.74, 6) is -0.671. The Morgan fingerprint density at radius 2 is 1.78 bits per heavy atom. The van der Waals surface area contributed by atoms with Gasteiger partial charge >= 0.3 is 0 Å². The molecule has 4 aromatic rings. The molecule has 2 aromatic heterocycles. The maximum Gasteiger partial charge on any atom is 0.263 e. The molecule has 2 nitrogen and oxygen atoms in total. The minimum absolute atomic E-state index is 0.141. The van der Waals surface area contributed by atoms with E-state index in [1.165, 1.54) is 29.5 Å². The van der Waals surface area contributed by atoms with Crippen molar-refractivity contribution in [2.45, 2.75) is 6.61 Å². The van der Waals surface area contributed by atoms with E-state index in [1.54, 1.807) is 18.2 Å². The van der Waals surface area contributed by atoms with Crippen LogP contribution in [-0.2, 0) is 6.61 Å². The van der Waals surface area contributed by atoms with E-state index in [-0.39, 0.29) is 28.1 Å². The fourth-order valence-electron chi connectivity index (χ4n) is 2.37. The molecule has 0 atom stereocenters. The number of rotatable bonds is 2. The molecule has 4 rings (SSSR count). The maximum absolute atomic E-state index is 13.2. The summed E-state index contributed by atoms with van der Waals surface area (Å²) in [4.78, 5) is 11.8. The number of halogens is 5. The van der Waals surface area contributed by atoms with E-state index < -0.39 is 5.24 Å². The smallest absolute Gasteiger partial charge is 0.263 e. The molecule has 140 valence electrons. The predicted molar refractivity (Wildman–Crippen MR) is 110 cm³/mol. The summed E-state index contributed by atoms with van der Waals surface area (Å²) in [6.45, 7) is -0.141. The van der Waals surface area contributed by atoms with Gasteiger partial charge in [0.25, 0.3) is 5.24 Å². The minimum atomic E-state index is -0.614. The first-order valence-electron chi connectivity index (χ1n) is 7.37. The molecule has 0 saturated heterocycles. The van der Waals surface area contributed by atoms with E-state index in [9.17, 15) is 13.6 Å². The first-order valence-corrected chi connectivity index (χ1v) is 10.1. The van der Waals surface area contributed by atoms with Crippen molar-refractivity contribution in [3.63, 3.8) is 0 Å². The van der Waals surface area contributed by atoms with Crippen LogP contribution in [0.4, 0.5) is 8.78 Å². The van der Waals surface area contributed by atoms with E-state index >= 15 is 0 Å². The van der Waals surface area contributed by atoms with Crippen LogP contribution in [0.2, 0.25) is 10.0 Å². The van der Waals surface area contributed by atoms with Crippen molar-refractivity contribution in [2.24, 2.45) is 0 Å². The topological polar surface area (TPSA) is 37.3 Å². The molecule has 0 aliphatic heterocycles. The molecule has 0 unspecified atom stereocenters. The second kappa shape index (κ2) is 8.39. The highest BCUT2D eigenvalue weighted by Gasteiger charge is 2.15. The number of fused-ring (bicyclic) bond motifs is 2. The van der Waals surface area contributed by atoms with Crippen molar-refractivity contribution in [3.05, 3.63) is 67.8 Å². The van der Waals surface area contributed by atoms with Crippen LogP contribution in [0.5, 0.6) is 0 Å². The fourth-order valence-corrected chi connectivity index (χ4v) is 5.30. The van der Waals surface area contributed by atoms with Gasteiger partial charge in [-0.25, -0.2) is 8.78 Å². The maximum atomic E-state index is 13.2. The Morgan fingerprint density at radius 1 is 1.04 bits per heavy atom. The van der Waals surface area contributed by atoms with E-state index in [1.807, 2.05) is 0 Å². The molecule has 0 aliphatic carbocycles. The van der Waals surface area contributed by atoms with Crippen LogP contribution in [0.3, 0.4) is 0 Å². The second-order valence-corrected chi connectivity index (χ2v) is 8.53. The molecule has 0 spiro atoms. The first kappa shape index (κ1) is 20.5. The van der Waals surface area contributed by atoms with Crippen LogP contribution >= 0.6 is 57.5 Å². The number of hydrogen-bond donors (Lipinski definition) is 1. The summed E-state index contributed by atoms with van der Waals surface area (Å²) in [6.07, 6.45) is 0. The van der Waals surface area contributed by atoms with Gasteiger partial charge in [-0.3, -0.25) is 4.79 Å². The highest BCUT2D eigenvalue weighted by Crippen LogP contribution is 2.37. The molecule has 2 aromatic carbocycles. The summed E-state index contributed by atoms with van der Waals surface area (Å²) in [6, 6.07) is 8.92. The van der Waals surface area contributed by atoms with Gasteiger partial charge in [0.05, 0.1) is 21.4 Å². The largest absolute Gasteiger partial charge is 0.391 e. The lowest BCUT2D eigenvalue weighted by molar-refractivity contribution is 0.108. The molecule has 27 heavy (non-hydrogen) atoms. The third-order valence-electron chi connectivity index (χ3n) is 3.59. The van der Waals surface area contributed by atoms with Crippen LogP contribution < -0.4 is 0 Å². The Labute approximate surface area is 175 Å². The van der Waals surface area contributed by atoms with Gasteiger partial charge in [-0.2, -0.15) is 0 Å². The number of carbonyl (C=O) groups is 1. The average molecular weight is 466 g/mol. The quantitative estimate of drug-likeness (QED) is 0.316. The van der Waals surface area contributed by atoms with Crippen molar-refractivity contribution in [1.29, 1.82) is 0 Å². The molecule has 1 N–H and O–H groups in total. The number of aliphatic hydroxyl groups is 1. The normalized spacial score (nSPS) is 10.9. The van der Waals surface area contributed by atoms with Crippen LogP contribution in [0.15, 0.2) is 36.4 Å². The summed E-state index contributed by atoms with van der Waals surface area (Å²) in [5.41, 5.74) is 0. The predicted octanol–water partition coefficient (Wildman–Crippen LogP) is 7.26. The van der Waals surface area contributed by atoms with Crippen molar-refractivity contribution in [1.82, 2.24) is 0 Å². The first-order chi connectivity index (χ1) is 12.8. The summed E-state index contributed by atoms with van der Waals surface area (Å²) in [5, 5.41) is 10.2. The Bertz CT molecular complexity index is 1150. The van der Waals surface area contributed by atoms with Gasteiger partial charge in [-0.15, -0.1) is 22.7 Å². The van der Waals surface area contributed by atoms with Gasteiger partial charge in [-0.1, -0.05) is 35.3 Å². The van der Waals surface area contributed by atoms with Crippen LogP contribution in [-0.4, -0.2) is 10.3 Å². The Hall–Kier alpha value is -1.28. The third kappa shape index (κ3) is 4.11. The van der Waals surface area contributed by atoms with Gasteiger partial charge < -0.3 is 5.11 Å². The van der Waals surface area contributed by atoms with Gasteiger partial charge in [0.1, 0.15) is 16.5 Å². The highest BCUT2D eigenvalue weighted by molar-refractivity contribution is 7.23. The van der Waals surface area contributed by atoms with E-state index in [2.05, 4.69) is 0 Å². The SMILES string of the molecule is O=C(Cl)c1sc2ccc(F)cc2c1Cl.OCc1sc2c(F)cccc2c1Cl. The van der Waals surface area contributed by atoms with Gasteiger partial charge in [0, 0.05) is 20.3 Å². The van der Waals surface area contributed by atoms with E-state index in [4.69, 9.17) is 39.9 Å². The Morgan fingerprint density at radius 3 is 2.41 bits per heavy atom. The standard InChI is InChI=1S/C9H3Cl2FOS.C9H6ClFOS/c10-7-5-3-4(12)1-2-6(5)14-8(7)9(11)13;10-8-5-2-1-3-6(11)9(5)13-7(8)4-12/h1-3H;1-3,12H,4H2. The number of hydrogen-bond acceptors (Lipinski definition) is 4. The van der Waals surface area contributed by atoms with Gasteiger partial charge in [0.2, 0.25) is 0 Å². The summed E-state index contributed by atoms with van der Waals surface area (Å²) >= 11 is 19.4. The molecule has 0 saturated carbocycles. The lowest BCUT2D eigenvalue weighted by Crippen LogP contribution is -1.81. The summed E-state index contributed by atoms with van der Waals surface area (Å²) < 4.78 is 27.3. The monoisotopic (exact) mass is 464 g/mol. The van der Waals surface area contributed by atoms with Gasteiger partial charge in [0.15, 0.2) is 0 Å². The molecule has 0 fully saturated rings.